The third-order valence-electron chi connectivity index (χ3n) is 15.4. The zero-order valence-corrected chi connectivity index (χ0v) is 35.8. The summed E-state index contributed by atoms with van der Waals surface area (Å²) in [6.07, 6.45) is 0. The van der Waals surface area contributed by atoms with E-state index < -0.39 is 0 Å². The Balaban J connectivity index is 1.13. The fourth-order valence-corrected chi connectivity index (χ4v) is 12.6. The second-order valence-corrected chi connectivity index (χ2v) is 18.6. The molecule has 0 N–H and O–H groups in total. The summed E-state index contributed by atoms with van der Waals surface area (Å²) in [5.41, 5.74) is 15.6. The molecule has 0 heterocycles. The van der Waals surface area contributed by atoms with Gasteiger partial charge >= 0.3 is 0 Å². The molecule has 0 nitrogen and oxygen atoms in total. The fourth-order valence-electron chi connectivity index (χ4n) is 12.6. The summed E-state index contributed by atoms with van der Waals surface area (Å²) in [5, 5.41) is 23.1. The molecular formula is C66H36. The van der Waals surface area contributed by atoms with E-state index >= 15 is 0 Å². The van der Waals surface area contributed by atoms with Gasteiger partial charge in [0, 0.05) is 0 Å². The molecule has 2 aliphatic carbocycles. The summed E-state index contributed by atoms with van der Waals surface area (Å²) < 4.78 is 0. The van der Waals surface area contributed by atoms with E-state index in [1.54, 1.807) is 0 Å². The van der Waals surface area contributed by atoms with Crippen LogP contribution in [0.4, 0.5) is 0 Å². The number of benzene rings is 14. The Bertz CT molecular complexity index is 4260. The molecule has 0 heteroatoms. The molecule has 0 bridgehead atoms. The van der Waals surface area contributed by atoms with Crippen molar-refractivity contribution in [2.24, 2.45) is 0 Å². The molecule has 0 unspecified atom stereocenters. The Morgan fingerprint density at radius 3 is 0.803 bits per heavy atom. The Hall–Kier alpha value is -8.58. The van der Waals surface area contributed by atoms with Crippen LogP contribution < -0.4 is 0 Å². The molecule has 2 aliphatic rings. The predicted octanol–water partition coefficient (Wildman–Crippen LogP) is 18.7. The fraction of sp³-hybridized carbons (Fsp3) is 0. The summed E-state index contributed by atoms with van der Waals surface area (Å²) in [6, 6.07) is 83.3. The highest BCUT2D eigenvalue weighted by atomic mass is 14.3. The maximum atomic E-state index is 2.56. The second-order valence-electron chi connectivity index (χ2n) is 18.6. The Kier molecular flexibility index (Phi) is 6.64. The van der Waals surface area contributed by atoms with Crippen LogP contribution in [0.15, 0.2) is 218 Å². The molecule has 0 radical (unpaired) electrons. The zero-order chi connectivity index (χ0) is 42.8. The maximum absolute atomic E-state index is 2.56. The zero-order valence-electron chi connectivity index (χ0n) is 35.8. The quantitative estimate of drug-likeness (QED) is 0.152. The monoisotopic (exact) mass is 828 g/mol. The lowest BCUT2D eigenvalue weighted by Crippen LogP contribution is -1.93. The topological polar surface area (TPSA) is 0 Å². The molecule has 300 valence electrons. The molecule has 0 fully saturated rings. The molecule has 0 spiro atoms. The lowest BCUT2D eigenvalue weighted by Gasteiger charge is -2.20. The van der Waals surface area contributed by atoms with Gasteiger partial charge in [-0.1, -0.05) is 170 Å². The predicted molar refractivity (Wildman–Crippen MR) is 284 cm³/mol. The first kappa shape index (κ1) is 34.9. The minimum Gasteiger partial charge on any atom is -0.0616 e. The van der Waals surface area contributed by atoms with Gasteiger partial charge in [0.1, 0.15) is 0 Å². The summed E-state index contributed by atoms with van der Waals surface area (Å²) >= 11 is 0. The van der Waals surface area contributed by atoms with Crippen molar-refractivity contribution in [3.63, 3.8) is 0 Å². The van der Waals surface area contributed by atoms with E-state index in [1.165, 1.54) is 164 Å². The molecule has 66 heavy (non-hydrogen) atoms. The molecule has 0 amide bonds. The van der Waals surface area contributed by atoms with E-state index in [9.17, 15) is 0 Å². The first-order valence-corrected chi connectivity index (χ1v) is 23.2. The van der Waals surface area contributed by atoms with Crippen LogP contribution in [-0.4, -0.2) is 0 Å². The Morgan fingerprint density at radius 1 is 0.136 bits per heavy atom. The SMILES string of the molecule is c1cc2c3c(cccc3c1)-c1cc3c(cc1-2)c(-c1cc2ccccc2c2ccccc12)cc1c2cc4c(cc2c(-c2cc5ccccc5c5ccccc25)cc31)-c1cccc2cccc-4c12. The van der Waals surface area contributed by atoms with Gasteiger partial charge in [-0.05, 0) is 212 Å². The van der Waals surface area contributed by atoms with Crippen LogP contribution in [0.5, 0.6) is 0 Å². The van der Waals surface area contributed by atoms with Crippen molar-refractivity contribution in [2.75, 3.05) is 0 Å². The first-order valence-electron chi connectivity index (χ1n) is 23.2. The van der Waals surface area contributed by atoms with Crippen molar-refractivity contribution in [1.82, 2.24) is 0 Å². The normalized spacial score (nSPS) is 12.5. The van der Waals surface area contributed by atoms with E-state index in [2.05, 4.69) is 218 Å². The molecule has 0 saturated carbocycles. The average Bonchev–Trinajstić information content (AvgIpc) is 3.87. The Labute approximate surface area is 380 Å². The molecular weight excluding hydrogens is 793 g/mol. The van der Waals surface area contributed by atoms with Gasteiger partial charge in [-0.25, -0.2) is 0 Å². The highest BCUT2D eigenvalue weighted by molar-refractivity contribution is 6.31. The minimum atomic E-state index is 1.25. The second kappa shape index (κ2) is 12.6. The van der Waals surface area contributed by atoms with Crippen molar-refractivity contribution >= 4 is 97.0 Å². The van der Waals surface area contributed by atoms with Crippen LogP contribution in [-0.2, 0) is 0 Å². The van der Waals surface area contributed by atoms with Crippen LogP contribution in [0.1, 0.15) is 0 Å². The van der Waals surface area contributed by atoms with Crippen molar-refractivity contribution in [3.05, 3.63) is 218 Å². The maximum Gasteiger partial charge on any atom is -0.00264 e. The van der Waals surface area contributed by atoms with Crippen LogP contribution >= 0.6 is 0 Å². The lowest BCUT2D eigenvalue weighted by atomic mass is 9.82. The average molecular weight is 829 g/mol. The van der Waals surface area contributed by atoms with Crippen LogP contribution in [0.3, 0.4) is 0 Å². The summed E-state index contributed by atoms with van der Waals surface area (Å²) in [7, 11) is 0. The van der Waals surface area contributed by atoms with Gasteiger partial charge < -0.3 is 0 Å². The summed E-state index contributed by atoms with van der Waals surface area (Å²) in [6.45, 7) is 0. The van der Waals surface area contributed by atoms with Crippen LogP contribution in [0.2, 0.25) is 0 Å². The van der Waals surface area contributed by atoms with Crippen molar-refractivity contribution in [1.29, 1.82) is 0 Å². The van der Waals surface area contributed by atoms with Gasteiger partial charge in [0.15, 0.2) is 0 Å². The van der Waals surface area contributed by atoms with Crippen molar-refractivity contribution in [2.45, 2.75) is 0 Å². The van der Waals surface area contributed by atoms with Gasteiger partial charge in [-0.3, -0.25) is 0 Å². The Morgan fingerprint density at radius 2 is 0.409 bits per heavy atom. The highest BCUT2D eigenvalue weighted by Gasteiger charge is 2.27. The van der Waals surface area contributed by atoms with E-state index in [1.807, 2.05) is 0 Å². The molecule has 0 aromatic heterocycles. The first-order chi connectivity index (χ1) is 32.7. The number of rotatable bonds is 2. The molecule has 0 atom stereocenters. The van der Waals surface area contributed by atoms with Gasteiger partial charge in [0.05, 0.1) is 0 Å². The van der Waals surface area contributed by atoms with Crippen molar-refractivity contribution < 1.29 is 0 Å². The highest BCUT2D eigenvalue weighted by Crippen LogP contribution is 2.55. The minimum absolute atomic E-state index is 1.25. The van der Waals surface area contributed by atoms with Gasteiger partial charge in [-0.15, -0.1) is 0 Å². The number of hydrogen-bond donors (Lipinski definition) is 0. The van der Waals surface area contributed by atoms with Gasteiger partial charge in [0.2, 0.25) is 0 Å². The molecule has 0 saturated heterocycles. The molecule has 14 aromatic carbocycles. The van der Waals surface area contributed by atoms with Crippen LogP contribution in [0.25, 0.3) is 164 Å². The third-order valence-corrected chi connectivity index (χ3v) is 15.4. The van der Waals surface area contributed by atoms with Gasteiger partial charge in [0.25, 0.3) is 0 Å². The standard InChI is InChI=1S/C66H36/c1-3-19-41-39(13-1)29-51(45-23-7-5-21-43(41)45)57-35-63-62-34-56-50-28-12-18-38-16-10-26-48(66(38)50)54(56)32-60(62)58(52-30-40-14-2-4-20-42(40)44-22-6-8-24-46(44)52)36-64(63)61-33-55-49-27-11-17-37-15-9-25-47(65(37)49)53(55)31-59(57)61/h1-36H. The summed E-state index contributed by atoms with van der Waals surface area (Å²) in [4.78, 5) is 0. The van der Waals surface area contributed by atoms with E-state index in [-0.39, 0.29) is 0 Å². The van der Waals surface area contributed by atoms with E-state index in [0.717, 1.165) is 0 Å². The third kappa shape index (κ3) is 4.48. The summed E-state index contributed by atoms with van der Waals surface area (Å²) in [5.74, 6) is 0. The van der Waals surface area contributed by atoms with Crippen LogP contribution in [0, 0.1) is 0 Å². The molecule has 0 aliphatic heterocycles. The smallest absolute Gasteiger partial charge is 0.00264 e. The van der Waals surface area contributed by atoms with E-state index in [0.29, 0.717) is 0 Å². The van der Waals surface area contributed by atoms with Gasteiger partial charge in [-0.2, -0.15) is 0 Å². The number of fused-ring (bicyclic) bond motifs is 17. The van der Waals surface area contributed by atoms with Crippen molar-refractivity contribution in [3.8, 4) is 66.8 Å². The lowest BCUT2D eigenvalue weighted by molar-refractivity contribution is 1.70. The van der Waals surface area contributed by atoms with E-state index in [4.69, 9.17) is 0 Å². The molecule has 16 rings (SSSR count). The molecule has 14 aromatic rings. The number of hydrogen-bond acceptors (Lipinski definition) is 0. The largest absolute Gasteiger partial charge is 0.0616 e.